The smallest absolute Gasteiger partial charge is 0.337 e. The van der Waals surface area contributed by atoms with Crippen LogP contribution in [0.2, 0.25) is 5.02 Å². The standard InChI is InChI=1S/C22H22ClN3O3/c1-29-22(28)16-4-2-15(3-5-16)14-25-8-10-26(11-9-25)21(27)20-13-17-12-18(23)6-7-19(17)24-20/h2-7,12-13,24H,8-11,14H2,1H3. The fourth-order valence-electron chi connectivity index (χ4n) is 3.62. The van der Waals surface area contributed by atoms with Crippen LogP contribution in [0.25, 0.3) is 10.9 Å². The van der Waals surface area contributed by atoms with Gasteiger partial charge in [-0.25, -0.2) is 4.79 Å². The minimum atomic E-state index is -0.331. The number of hydrogen-bond acceptors (Lipinski definition) is 4. The molecule has 0 saturated carbocycles. The summed E-state index contributed by atoms with van der Waals surface area (Å²) in [5.74, 6) is -0.317. The van der Waals surface area contributed by atoms with Gasteiger partial charge in [0, 0.05) is 48.6 Å². The molecule has 0 aliphatic carbocycles. The summed E-state index contributed by atoms with van der Waals surface area (Å²) in [4.78, 5) is 31.7. The number of rotatable bonds is 4. The third-order valence-electron chi connectivity index (χ3n) is 5.25. The number of H-pyrrole nitrogens is 1. The summed E-state index contributed by atoms with van der Waals surface area (Å²) < 4.78 is 4.73. The Morgan fingerprint density at radius 1 is 1.03 bits per heavy atom. The van der Waals surface area contributed by atoms with Crippen molar-refractivity contribution in [2.45, 2.75) is 6.54 Å². The van der Waals surface area contributed by atoms with Crippen LogP contribution in [0.3, 0.4) is 0 Å². The van der Waals surface area contributed by atoms with Gasteiger partial charge in [0.25, 0.3) is 5.91 Å². The van der Waals surface area contributed by atoms with Crippen molar-refractivity contribution < 1.29 is 14.3 Å². The van der Waals surface area contributed by atoms with E-state index in [4.69, 9.17) is 16.3 Å². The summed E-state index contributed by atoms with van der Waals surface area (Å²) in [5, 5.41) is 1.60. The lowest BCUT2D eigenvalue weighted by atomic mass is 10.1. The summed E-state index contributed by atoms with van der Waals surface area (Å²) in [6.45, 7) is 3.74. The number of nitrogens with zero attached hydrogens (tertiary/aromatic N) is 2. The number of amides is 1. The van der Waals surface area contributed by atoms with E-state index in [2.05, 4.69) is 9.88 Å². The number of benzene rings is 2. The molecule has 1 amide bonds. The number of carbonyl (C=O) groups excluding carboxylic acids is 2. The van der Waals surface area contributed by atoms with E-state index < -0.39 is 0 Å². The Morgan fingerprint density at radius 2 is 1.76 bits per heavy atom. The number of fused-ring (bicyclic) bond motifs is 1. The summed E-state index contributed by atoms with van der Waals surface area (Å²) in [7, 11) is 1.38. The number of ether oxygens (including phenoxy) is 1. The molecule has 4 rings (SSSR count). The Hall–Kier alpha value is -2.83. The van der Waals surface area contributed by atoms with Gasteiger partial charge in [0.2, 0.25) is 0 Å². The van der Waals surface area contributed by atoms with Crippen molar-refractivity contribution in [3.63, 3.8) is 0 Å². The van der Waals surface area contributed by atoms with Crippen molar-refractivity contribution in [1.82, 2.24) is 14.8 Å². The third kappa shape index (κ3) is 4.28. The van der Waals surface area contributed by atoms with Gasteiger partial charge in [0.1, 0.15) is 5.69 Å². The lowest BCUT2D eigenvalue weighted by Gasteiger charge is -2.34. The third-order valence-corrected chi connectivity index (χ3v) is 5.49. The summed E-state index contributed by atoms with van der Waals surface area (Å²) >= 11 is 6.03. The first kappa shape index (κ1) is 19.5. The first-order chi connectivity index (χ1) is 14.0. The maximum absolute atomic E-state index is 12.8. The molecule has 150 valence electrons. The van der Waals surface area contributed by atoms with Gasteiger partial charge in [0.05, 0.1) is 12.7 Å². The van der Waals surface area contributed by atoms with E-state index in [-0.39, 0.29) is 11.9 Å². The topological polar surface area (TPSA) is 65.6 Å². The van der Waals surface area contributed by atoms with E-state index >= 15 is 0 Å². The van der Waals surface area contributed by atoms with E-state index in [0.29, 0.717) is 29.4 Å². The number of methoxy groups -OCH3 is 1. The molecule has 1 aromatic heterocycles. The lowest BCUT2D eigenvalue weighted by molar-refractivity contribution is 0.0599. The lowest BCUT2D eigenvalue weighted by Crippen LogP contribution is -2.48. The predicted molar refractivity (Wildman–Crippen MR) is 112 cm³/mol. The Bertz CT molecular complexity index is 1040. The zero-order chi connectivity index (χ0) is 20.4. The van der Waals surface area contributed by atoms with Crippen LogP contribution in [0.1, 0.15) is 26.4 Å². The normalized spacial score (nSPS) is 14.9. The van der Waals surface area contributed by atoms with Crippen LogP contribution in [0.4, 0.5) is 0 Å². The predicted octanol–water partition coefficient (Wildman–Crippen LogP) is 3.57. The molecule has 2 aromatic carbocycles. The molecule has 0 spiro atoms. The molecular weight excluding hydrogens is 390 g/mol. The molecule has 0 unspecified atom stereocenters. The second kappa shape index (κ2) is 8.27. The van der Waals surface area contributed by atoms with Crippen LogP contribution >= 0.6 is 11.6 Å². The first-order valence-electron chi connectivity index (χ1n) is 9.50. The second-order valence-corrected chi connectivity index (χ2v) is 7.61. The number of carbonyl (C=O) groups is 2. The van der Waals surface area contributed by atoms with Gasteiger partial charge in [-0.05, 0) is 42.0 Å². The number of hydrogen-bond donors (Lipinski definition) is 1. The monoisotopic (exact) mass is 411 g/mol. The van der Waals surface area contributed by atoms with Crippen molar-refractivity contribution in [1.29, 1.82) is 0 Å². The maximum atomic E-state index is 12.8. The average molecular weight is 412 g/mol. The number of aromatic nitrogens is 1. The molecule has 3 aromatic rings. The summed E-state index contributed by atoms with van der Waals surface area (Å²) in [6.07, 6.45) is 0. The fraction of sp³-hybridized carbons (Fsp3) is 0.273. The van der Waals surface area contributed by atoms with Gasteiger partial charge < -0.3 is 14.6 Å². The minimum absolute atomic E-state index is 0.0133. The highest BCUT2D eigenvalue weighted by Gasteiger charge is 2.23. The maximum Gasteiger partial charge on any atom is 0.337 e. The number of aromatic amines is 1. The summed E-state index contributed by atoms with van der Waals surface area (Å²) in [6, 6.07) is 14.9. The highest BCUT2D eigenvalue weighted by atomic mass is 35.5. The second-order valence-electron chi connectivity index (χ2n) is 7.17. The van der Waals surface area contributed by atoms with Crippen LogP contribution in [0, 0.1) is 0 Å². The van der Waals surface area contributed by atoms with E-state index in [1.807, 2.05) is 41.3 Å². The van der Waals surface area contributed by atoms with Gasteiger partial charge >= 0.3 is 5.97 Å². The number of nitrogens with one attached hydrogen (secondary N) is 1. The number of piperazine rings is 1. The molecule has 0 bridgehead atoms. The van der Waals surface area contributed by atoms with E-state index in [9.17, 15) is 9.59 Å². The van der Waals surface area contributed by atoms with Crippen LogP contribution < -0.4 is 0 Å². The van der Waals surface area contributed by atoms with E-state index in [0.717, 1.165) is 36.1 Å². The van der Waals surface area contributed by atoms with Crippen molar-refractivity contribution in [3.8, 4) is 0 Å². The average Bonchev–Trinajstić information content (AvgIpc) is 3.17. The molecule has 6 nitrogen and oxygen atoms in total. The van der Waals surface area contributed by atoms with Gasteiger partial charge in [0.15, 0.2) is 0 Å². The quantitative estimate of drug-likeness (QED) is 0.666. The Morgan fingerprint density at radius 3 is 2.45 bits per heavy atom. The van der Waals surface area contributed by atoms with Gasteiger partial charge in [-0.3, -0.25) is 9.69 Å². The minimum Gasteiger partial charge on any atom is -0.465 e. The zero-order valence-corrected chi connectivity index (χ0v) is 16.9. The first-order valence-corrected chi connectivity index (χ1v) is 9.88. The van der Waals surface area contributed by atoms with Crippen molar-refractivity contribution in [2.75, 3.05) is 33.3 Å². The van der Waals surface area contributed by atoms with E-state index in [1.54, 1.807) is 12.1 Å². The van der Waals surface area contributed by atoms with Crippen molar-refractivity contribution in [3.05, 3.63) is 70.4 Å². The Balaban J connectivity index is 1.34. The number of halogens is 1. The largest absolute Gasteiger partial charge is 0.465 e. The molecule has 29 heavy (non-hydrogen) atoms. The zero-order valence-electron chi connectivity index (χ0n) is 16.2. The molecule has 1 aliphatic heterocycles. The molecule has 2 heterocycles. The highest BCUT2D eigenvalue weighted by molar-refractivity contribution is 6.31. The van der Waals surface area contributed by atoms with Gasteiger partial charge in [-0.15, -0.1) is 0 Å². The molecule has 7 heteroatoms. The van der Waals surface area contributed by atoms with Gasteiger partial charge in [-0.2, -0.15) is 0 Å². The fourth-order valence-corrected chi connectivity index (χ4v) is 3.80. The molecule has 1 saturated heterocycles. The molecule has 0 atom stereocenters. The van der Waals surface area contributed by atoms with Crippen molar-refractivity contribution >= 4 is 34.4 Å². The Labute approximate surface area is 174 Å². The number of esters is 1. The Kier molecular flexibility index (Phi) is 5.56. The van der Waals surface area contributed by atoms with Crippen LogP contribution in [-0.2, 0) is 11.3 Å². The molecular formula is C22H22ClN3O3. The molecule has 1 aliphatic rings. The summed E-state index contributed by atoms with van der Waals surface area (Å²) in [5.41, 5.74) is 3.18. The van der Waals surface area contributed by atoms with E-state index in [1.165, 1.54) is 7.11 Å². The molecule has 0 radical (unpaired) electrons. The highest BCUT2D eigenvalue weighted by Crippen LogP contribution is 2.21. The van der Waals surface area contributed by atoms with Crippen molar-refractivity contribution in [2.24, 2.45) is 0 Å². The van der Waals surface area contributed by atoms with Gasteiger partial charge in [-0.1, -0.05) is 23.7 Å². The molecule has 1 fully saturated rings. The van der Waals surface area contributed by atoms with Crippen LogP contribution in [-0.4, -0.2) is 59.9 Å². The SMILES string of the molecule is COC(=O)c1ccc(CN2CCN(C(=O)c3cc4cc(Cl)ccc4[nH]3)CC2)cc1. The van der Waals surface area contributed by atoms with Crippen LogP contribution in [0.5, 0.6) is 0 Å². The van der Waals surface area contributed by atoms with Crippen LogP contribution in [0.15, 0.2) is 48.5 Å². The molecule has 1 N–H and O–H groups in total.